The van der Waals surface area contributed by atoms with E-state index in [4.69, 9.17) is 0 Å². The van der Waals surface area contributed by atoms with Crippen LogP contribution in [0.2, 0.25) is 0 Å². The molecule has 2 N–H and O–H groups in total. The van der Waals surface area contributed by atoms with Gasteiger partial charge in [-0.05, 0) is 49.3 Å². The molecule has 120 valence electrons. The zero-order valence-electron chi connectivity index (χ0n) is 13.0. The van der Waals surface area contributed by atoms with E-state index in [1.165, 1.54) is 5.56 Å². The maximum atomic E-state index is 12.3. The molecule has 22 heavy (non-hydrogen) atoms. The molecule has 3 nitrogen and oxygen atoms in total. The fraction of sp³-hybridized carbons (Fsp3) is 0.611. The first-order valence-corrected chi connectivity index (χ1v) is 9.45. The number of hydrogen-bond acceptors (Lipinski definition) is 3. The molecule has 2 fully saturated rings. The van der Waals surface area contributed by atoms with E-state index in [0.717, 1.165) is 43.6 Å². The lowest BCUT2D eigenvalue weighted by Gasteiger charge is -2.29. The fourth-order valence-electron chi connectivity index (χ4n) is 3.55. The molecule has 3 rings (SSSR count). The van der Waals surface area contributed by atoms with Gasteiger partial charge in [0.2, 0.25) is 5.91 Å². The Hall–Kier alpha value is -1.00. The summed E-state index contributed by atoms with van der Waals surface area (Å²) < 4.78 is 0. The SMILES string of the molecule is O=C(NCC1(O)CCSC1)C1CCC(c2ccccc2)CC1. The zero-order chi connectivity index (χ0) is 15.4. The van der Waals surface area contributed by atoms with Crippen molar-refractivity contribution >= 4 is 17.7 Å². The van der Waals surface area contributed by atoms with E-state index >= 15 is 0 Å². The number of rotatable bonds is 4. The highest BCUT2D eigenvalue weighted by atomic mass is 32.2. The normalized spacial score (nSPS) is 31.9. The Morgan fingerprint density at radius 3 is 2.59 bits per heavy atom. The van der Waals surface area contributed by atoms with Gasteiger partial charge in [-0.3, -0.25) is 4.79 Å². The summed E-state index contributed by atoms with van der Waals surface area (Å²) in [6.07, 6.45) is 4.88. The van der Waals surface area contributed by atoms with Gasteiger partial charge in [0.15, 0.2) is 0 Å². The van der Waals surface area contributed by atoms with Crippen LogP contribution in [-0.4, -0.2) is 34.7 Å². The number of nitrogens with one attached hydrogen (secondary N) is 1. The van der Waals surface area contributed by atoms with Crippen LogP contribution in [0.3, 0.4) is 0 Å². The molecule has 1 aliphatic carbocycles. The highest BCUT2D eigenvalue weighted by molar-refractivity contribution is 7.99. The van der Waals surface area contributed by atoms with Crippen molar-refractivity contribution in [3.63, 3.8) is 0 Å². The van der Waals surface area contributed by atoms with Crippen LogP contribution in [0.25, 0.3) is 0 Å². The Labute approximate surface area is 136 Å². The molecule has 1 amide bonds. The molecule has 2 aliphatic rings. The molecule has 1 saturated carbocycles. The molecule has 1 heterocycles. The van der Waals surface area contributed by atoms with Crippen LogP contribution >= 0.6 is 11.8 Å². The van der Waals surface area contributed by atoms with E-state index in [0.29, 0.717) is 12.5 Å². The van der Waals surface area contributed by atoms with Crippen molar-refractivity contribution in [2.45, 2.75) is 43.6 Å². The van der Waals surface area contributed by atoms with Gasteiger partial charge in [0.25, 0.3) is 0 Å². The summed E-state index contributed by atoms with van der Waals surface area (Å²) >= 11 is 1.76. The minimum atomic E-state index is -0.679. The summed E-state index contributed by atoms with van der Waals surface area (Å²) in [5.41, 5.74) is 0.723. The predicted molar refractivity (Wildman–Crippen MR) is 91.0 cm³/mol. The Kier molecular flexibility index (Phi) is 5.09. The highest BCUT2D eigenvalue weighted by Crippen LogP contribution is 2.36. The molecule has 0 radical (unpaired) electrons. The second-order valence-corrected chi connectivity index (χ2v) is 7.81. The molecule has 1 atom stereocenters. The number of amides is 1. The third-order valence-electron chi connectivity index (χ3n) is 5.04. The van der Waals surface area contributed by atoms with Crippen LogP contribution in [0.15, 0.2) is 30.3 Å². The van der Waals surface area contributed by atoms with Crippen molar-refractivity contribution in [2.24, 2.45) is 5.92 Å². The average Bonchev–Trinajstić information content (AvgIpc) is 3.01. The van der Waals surface area contributed by atoms with Gasteiger partial charge in [-0.1, -0.05) is 30.3 Å². The number of hydrogen-bond donors (Lipinski definition) is 2. The lowest BCUT2D eigenvalue weighted by Crippen LogP contribution is -2.45. The van der Waals surface area contributed by atoms with E-state index in [9.17, 15) is 9.90 Å². The molecule has 1 unspecified atom stereocenters. The maximum absolute atomic E-state index is 12.3. The smallest absolute Gasteiger partial charge is 0.223 e. The van der Waals surface area contributed by atoms with Crippen LogP contribution in [0.1, 0.15) is 43.6 Å². The van der Waals surface area contributed by atoms with Gasteiger partial charge in [0, 0.05) is 18.2 Å². The highest BCUT2D eigenvalue weighted by Gasteiger charge is 2.33. The van der Waals surface area contributed by atoms with Crippen molar-refractivity contribution in [3.05, 3.63) is 35.9 Å². The second-order valence-electron chi connectivity index (χ2n) is 6.70. The Morgan fingerprint density at radius 1 is 1.23 bits per heavy atom. The molecule has 1 aromatic carbocycles. The van der Waals surface area contributed by atoms with Crippen molar-refractivity contribution < 1.29 is 9.90 Å². The quantitative estimate of drug-likeness (QED) is 0.897. The number of carbonyl (C=O) groups excluding carboxylic acids is 1. The maximum Gasteiger partial charge on any atom is 0.223 e. The summed E-state index contributed by atoms with van der Waals surface area (Å²) in [5.74, 6) is 2.60. The first-order chi connectivity index (χ1) is 10.7. The minimum absolute atomic E-state index is 0.123. The molecule has 1 aliphatic heterocycles. The standard InChI is InChI=1S/C18H25NO2S/c20-17(19-12-18(21)10-11-22-13-18)16-8-6-15(7-9-16)14-4-2-1-3-5-14/h1-5,15-16,21H,6-13H2,(H,19,20). The summed E-state index contributed by atoms with van der Waals surface area (Å²) in [4.78, 5) is 12.3. The van der Waals surface area contributed by atoms with Gasteiger partial charge >= 0.3 is 0 Å². The summed E-state index contributed by atoms with van der Waals surface area (Å²) in [7, 11) is 0. The number of benzene rings is 1. The molecular formula is C18H25NO2S. The van der Waals surface area contributed by atoms with Gasteiger partial charge in [0.05, 0.1) is 5.60 Å². The van der Waals surface area contributed by atoms with Gasteiger partial charge in [-0.25, -0.2) is 0 Å². The van der Waals surface area contributed by atoms with E-state index in [2.05, 4.69) is 35.6 Å². The van der Waals surface area contributed by atoms with Crippen molar-refractivity contribution in [3.8, 4) is 0 Å². The number of aliphatic hydroxyl groups is 1. The third kappa shape index (κ3) is 3.85. The summed E-state index contributed by atoms with van der Waals surface area (Å²) in [6.45, 7) is 0.414. The van der Waals surface area contributed by atoms with E-state index in [-0.39, 0.29) is 11.8 Å². The molecule has 1 saturated heterocycles. The van der Waals surface area contributed by atoms with Gasteiger partial charge in [-0.2, -0.15) is 11.8 Å². The average molecular weight is 319 g/mol. The number of thioether (sulfide) groups is 1. The lowest BCUT2D eigenvalue weighted by molar-refractivity contribution is -0.127. The van der Waals surface area contributed by atoms with Crippen LogP contribution in [-0.2, 0) is 4.79 Å². The molecule has 0 spiro atoms. The summed E-state index contributed by atoms with van der Waals surface area (Å²) in [5, 5.41) is 13.3. The van der Waals surface area contributed by atoms with E-state index < -0.39 is 5.60 Å². The molecule has 4 heteroatoms. The van der Waals surface area contributed by atoms with Crippen molar-refractivity contribution in [2.75, 3.05) is 18.1 Å². The van der Waals surface area contributed by atoms with E-state index in [1.807, 2.05) is 0 Å². The largest absolute Gasteiger partial charge is 0.387 e. The minimum Gasteiger partial charge on any atom is -0.387 e. The third-order valence-corrected chi connectivity index (χ3v) is 6.28. The van der Waals surface area contributed by atoms with E-state index in [1.54, 1.807) is 11.8 Å². The molecule has 0 bridgehead atoms. The Bertz CT molecular complexity index is 491. The van der Waals surface area contributed by atoms with Crippen LogP contribution in [0.4, 0.5) is 0 Å². The monoisotopic (exact) mass is 319 g/mol. The summed E-state index contributed by atoms with van der Waals surface area (Å²) in [6, 6.07) is 10.6. The first-order valence-electron chi connectivity index (χ1n) is 8.29. The van der Waals surface area contributed by atoms with Crippen LogP contribution in [0.5, 0.6) is 0 Å². The van der Waals surface area contributed by atoms with Gasteiger partial charge in [-0.15, -0.1) is 0 Å². The molecule has 1 aromatic rings. The Morgan fingerprint density at radius 2 is 1.95 bits per heavy atom. The lowest BCUT2D eigenvalue weighted by atomic mass is 9.78. The van der Waals surface area contributed by atoms with Crippen molar-refractivity contribution in [1.82, 2.24) is 5.32 Å². The van der Waals surface area contributed by atoms with Crippen molar-refractivity contribution in [1.29, 1.82) is 0 Å². The van der Waals surface area contributed by atoms with Gasteiger partial charge < -0.3 is 10.4 Å². The number of carbonyl (C=O) groups is 1. The fourth-order valence-corrected chi connectivity index (χ4v) is 4.84. The van der Waals surface area contributed by atoms with Gasteiger partial charge in [0.1, 0.15) is 0 Å². The molecular weight excluding hydrogens is 294 g/mol. The zero-order valence-corrected chi connectivity index (χ0v) is 13.8. The molecule has 0 aromatic heterocycles. The van der Waals surface area contributed by atoms with Crippen LogP contribution in [0, 0.1) is 5.92 Å². The predicted octanol–water partition coefficient (Wildman–Crippen LogP) is 2.94. The first kappa shape index (κ1) is 15.9. The second kappa shape index (κ2) is 7.05. The topological polar surface area (TPSA) is 49.3 Å². The Balaban J connectivity index is 1.46. The van der Waals surface area contributed by atoms with Crippen LogP contribution < -0.4 is 5.32 Å².